The molecule has 0 saturated carbocycles. The molecule has 2 unspecified atom stereocenters. The zero-order valence-electron chi connectivity index (χ0n) is 12.5. The Labute approximate surface area is 150 Å². The summed E-state index contributed by atoms with van der Waals surface area (Å²) in [5.74, 6) is 1.30. The molecule has 0 aliphatic heterocycles. The molecule has 0 radical (unpaired) electrons. The molecule has 1 aromatic heterocycles. The van der Waals surface area contributed by atoms with Gasteiger partial charge in [0.25, 0.3) is 0 Å². The quantitative estimate of drug-likeness (QED) is 0.727. The van der Waals surface area contributed by atoms with Crippen LogP contribution in [0, 0.1) is 0 Å². The average Bonchev–Trinajstić information content (AvgIpc) is 2.91. The summed E-state index contributed by atoms with van der Waals surface area (Å²) in [4.78, 5) is 5.33. The maximum atomic E-state index is 6.17. The number of hydrogen-bond acceptors (Lipinski definition) is 5. The van der Waals surface area contributed by atoms with Gasteiger partial charge in [-0.15, -0.1) is 24.2 Å². The van der Waals surface area contributed by atoms with Gasteiger partial charge in [-0.3, -0.25) is 0 Å². The first-order chi connectivity index (χ1) is 9.99. The van der Waals surface area contributed by atoms with Crippen molar-refractivity contribution in [2.24, 2.45) is 0 Å². The first-order valence-corrected chi connectivity index (χ1v) is 8.24. The predicted molar refractivity (Wildman–Crippen MR) is 94.5 cm³/mol. The van der Waals surface area contributed by atoms with Crippen LogP contribution in [0.1, 0.15) is 30.8 Å². The van der Waals surface area contributed by atoms with Gasteiger partial charge in [0.05, 0.1) is 10.3 Å². The zero-order valence-corrected chi connectivity index (χ0v) is 15.6. The molecule has 1 aromatic carbocycles. The normalized spacial score (nSPS) is 13.5. The molecule has 0 saturated heterocycles. The molecule has 0 bridgehead atoms. The minimum atomic E-state index is 0. The number of hydrogen-bond donors (Lipinski definition) is 1. The molecule has 0 aliphatic rings. The number of thioether (sulfide) groups is 1. The number of likely N-dealkylation sites (N-methyl/N-ethyl adjacent to an activating group) is 1. The van der Waals surface area contributed by atoms with Gasteiger partial charge in [-0.2, -0.15) is 4.98 Å². The summed E-state index contributed by atoms with van der Waals surface area (Å²) in [6.07, 6.45) is 0.731. The maximum absolute atomic E-state index is 6.17. The lowest BCUT2D eigenvalue weighted by atomic mass is 10.2. The topological polar surface area (TPSA) is 51.0 Å². The summed E-state index contributed by atoms with van der Waals surface area (Å²) in [6.45, 7) is 4.07. The van der Waals surface area contributed by atoms with Crippen molar-refractivity contribution in [2.45, 2.75) is 36.5 Å². The van der Waals surface area contributed by atoms with Gasteiger partial charge in [-0.25, -0.2) is 0 Å². The van der Waals surface area contributed by atoms with E-state index >= 15 is 0 Å². The van der Waals surface area contributed by atoms with Gasteiger partial charge in [0.1, 0.15) is 0 Å². The minimum Gasteiger partial charge on any atom is -0.338 e. The van der Waals surface area contributed by atoms with Crippen LogP contribution in [0.25, 0.3) is 0 Å². The van der Waals surface area contributed by atoms with E-state index in [1.54, 1.807) is 23.9 Å². The largest absolute Gasteiger partial charge is 0.338 e. The van der Waals surface area contributed by atoms with Crippen molar-refractivity contribution in [3.05, 3.63) is 40.0 Å². The summed E-state index contributed by atoms with van der Waals surface area (Å²) < 4.78 is 5.33. The van der Waals surface area contributed by atoms with E-state index in [0.717, 1.165) is 11.3 Å². The average molecular weight is 383 g/mol. The van der Waals surface area contributed by atoms with Crippen molar-refractivity contribution in [1.29, 1.82) is 0 Å². The Morgan fingerprint density at radius 1 is 1.32 bits per heavy atom. The van der Waals surface area contributed by atoms with Crippen LogP contribution in [0.5, 0.6) is 0 Å². The van der Waals surface area contributed by atoms with E-state index in [2.05, 4.69) is 22.4 Å². The highest BCUT2D eigenvalue weighted by Crippen LogP contribution is 2.38. The molecular formula is C14H18Cl3N3OS. The van der Waals surface area contributed by atoms with Crippen LogP contribution in [0.2, 0.25) is 10.0 Å². The molecule has 22 heavy (non-hydrogen) atoms. The number of benzene rings is 1. The number of nitrogens with zero attached hydrogens (tertiary/aromatic N) is 2. The fourth-order valence-electron chi connectivity index (χ4n) is 1.70. The fourth-order valence-corrected chi connectivity index (χ4v) is 3.14. The van der Waals surface area contributed by atoms with Crippen molar-refractivity contribution in [3.8, 4) is 0 Å². The summed E-state index contributed by atoms with van der Waals surface area (Å²) in [5, 5.41) is 8.48. The zero-order chi connectivity index (χ0) is 15.4. The van der Waals surface area contributed by atoms with Crippen LogP contribution in [0.3, 0.4) is 0 Å². The second-order valence-electron chi connectivity index (χ2n) is 4.78. The van der Waals surface area contributed by atoms with Gasteiger partial charge in [0.2, 0.25) is 5.89 Å². The Kier molecular flexibility index (Phi) is 8.00. The monoisotopic (exact) mass is 381 g/mol. The molecule has 0 spiro atoms. The molecule has 1 N–H and O–H groups in total. The summed E-state index contributed by atoms with van der Waals surface area (Å²) in [6, 6.07) is 5.70. The van der Waals surface area contributed by atoms with Crippen LogP contribution in [0.15, 0.2) is 27.6 Å². The predicted octanol–water partition coefficient (Wildman–Crippen LogP) is 4.80. The highest BCUT2D eigenvalue weighted by atomic mass is 35.5. The van der Waals surface area contributed by atoms with E-state index in [1.165, 1.54) is 0 Å². The van der Waals surface area contributed by atoms with Gasteiger partial charge in [-0.05, 0) is 39.1 Å². The Morgan fingerprint density at radius 2 is 2.05 bits per heavy atom. The SMILES string of the molecule is CNC(C)Cc1noc(C(C)Sc2cc(Cl)ccc2Cl)n1.Cl. The first-order valence-electron chi connectivity index (χ1n) is 6.61. The van der Waals surface area contributed by atoms with Crippen LogP contribution < -0.4 is 5.32 Å². The van der Waals surface area contributed by atoms with Crippen LogP contribution in [-0.2, 0) is 6.42 Å². The number of nitrogens with one attached hydrogen (secondary N) is 1. The van der Waals surface area contributed by atoms with E-state index < -0.39 is 0 Å². The van der Waals surface area contributed by atoms with Crippen LogP contribution in [-0.4, -0.2) is 23.2 Å². The molecule has 8 heteroatoms. The standard InChI is InChI=1S/C14H17Cl2N3OS.ClH/c1-8(17-3)6-13-18-14(20-19-13)9(2)21-12-7-10(15)4-5-11(12)16;/h4-5,7-9,17H,6H2,1-3H3;1H. The van der Waals surface area contributed by atoms with Gasteiger partial charge in [0, 0.05) is 22.4 Å². The van der Waals surface area contributed by atoms with Crippen LogP contribution in [0.4, 0.5) is 0 Å². The maximum Gasteiger partial charge on any atom is 0.239 e. The number of aromatic nitrogens is 2. The van der Waals surface area contributed by atoms with Crippen molar-refractivity contribution in [1.82, 2.24) is 15.5 Å². The van der Waals surface area contributed by atoms with E-state index in [1.807, 2.05) is 20.0 Å². The van der Waals surface area contributed by atoms with Gasteiger partial charge < -0.3 is 9.84 Å². The highest BCUT2D eigenvalue weighted by Gasteiger charge is 2.18. The van der Waals surface area contributed by atoms with Gasteiger partial charge in [-0.1, -0.05) is 28.4 Å². The van der Waals surface area contributed by atoms with Crippen molar-refractivity contribution in [3.63, 3.8) is 0 Å². The molecule has 122 valence electrons. The third kappa shape index (κ3) is 5.32. The Bertz CT molecular complexity index is 609. The molecule has 2 rings (SSSR count). The summed E-state index contributed by atoms with van der Waals surface area (Å²) >= 11 is 13.7. The molecule has 2 atom stereocenters. The molecule has 4 nitrogen and oxygen atoms in total. The van der Waals surface area contributed by atoms with E-state index in [-0.39, 0.29) is 17.7 Å². The van der Waals surface area contributed by atoms with E-state index in [0.29, 0.717) is 27.8 Å². The molecular weight excluding hydrogens is 365 g/mol. The lowest BCUT2D eigenvalue weighted by Gasteiger charge is -2.08. The molecule has 0 amide bonds. The summed E-state index contributed by atoms with van der Waals surface area (Å²) in [7, 11) is 1.91. The number of rotatable bonds is 6. The molecule has 1 heterocycles. The fraction of sp³-hybridized carbons (Fsp3) is 0.429. The van der Waals surface area contributed by atoms with Crippen molar-refractivity contribution in [2.75, 3.05) is 7.05 Å². The van der Waals surface area contributed by atoms with Crippen LogP contribution >= 0.6 is 47.4 Å². The van der Waals surface area contributed by atoms with Crippen molar-refractivity contribution >= 4 is 47.4 Å². The van der Waals surface area contributed by atoms with E-state index in [4.69, 9.17) is 27.7 Å². The first kappa shape index (κ1) is 19.6. The van der Waals surface area contributed by atoms with E-state index in [9.17, 15) is 0 Å². The lowest BCUT2D eigenvalue weighted by Crippen LogP contribution is -2.24. The highest BCUT2D eigenvalue weighted by molar-refractivity contribution is 7.99. The summed E-state index contributed by atoms with van der Waals surface area (Å²) in [5.41, 5.74) is 0. The Balaban J connectivity index is 0.00000242. The smallest absolute Gasteiger partial charge is 0.239 e. The van der Waals surface area contributed by atoms with Gasteiger partial charge in [0.15, 0.2) is 5.82 Å². The molecule has 2 aromatic rings. The third-order valence-corrected chi connectivity index (χ3v) is 4.83. The Hall–Kier alpha value is -0.460. The lowest BCUT2D eigenvalue weighted by molar-refractivity contribution is 0.373. The Morgan fingerprint density at radius 3 is 2.73 bits per heavy atom. The second kappa shape index (κ2) is 8.99. The number of halogens is 3. The van der Waals surface area contributed by atoms with Crippen molar-refractivity contribution < 1.29 is 4.52 Å². The second-order valence-corrected chi connectivity index (χ2v) is 7.00. The molecule has 0 aliphatic carbocycles. The minimum absolute atomic E-state index is 0. The third-order valence-electron chi connectivity index (χ3n) is 3.01. The molecule has 0 fully saturated rings. The van der Waals surface area contributed by atoms with Gasteiger partial charge >= 0.3 is 0 Å².